The van der Waals surface area contributed by atoms with Gasteiger partial charge in [-0.25, -0.2) is 13.2 Å². The number of hydrogen-bond donors (Lipinski definition) is 1. The minimum Gasteiger partial charge on any atom is -0.385 e. The molecule has 0 amide bonds. The highest BCUT2D eigenvalue weighted by Crippen LogP contribution is 2.16. The maximum absolute atomic E-state index is 12.6. The minimum atomic E-state index is -1.16. The van der Waals surface area contributed by atoms with Crippen LogP contribution in [-0.2, 0) is 16.7 Å². The number of nitrogens with one attached hydrogen (secondary N) is 1. The highest BCUT2D eigenvalue weighted by atomic mass is 32.2. The fourth-order valence-electron chi connectivity index (χ4n) is 2.53. The predicted molar refractivity (Wildman–Crippen MR) is 101 cm³/mol. The smallest absolute Gasteiger partial charge is 0.129 e. The largest absolute Gasteiger partial charge is 0.385 e. The van der Waals surface area contributed by atoms with Gasteiger partial charge in [0.25, 0.3) is 0 Å². The lowest BCUT2D eigenvalue weighted by atomic mass is 10.1. The van der Waals surface area contributed by atoms with Crippen molar-refractivity contribution in [3.63, 3.8) is 0 Å². The van der Waals surface area contributed by atoms with Crippen LogP contribution in [0.1, 0.15) is 25.8 Å². The molecule has 1 heterocycles. The first-order chi connectivity index (χ1) is 11.6. The molecular formula is C19H23N3OS. The van der Waals surface area contributed by atoms with Crippen LogP contribution in [0.25, 0.3) is 11.0 Å². The summed E-state index contributed by atoms with van der Waals surface area (Å²) in [6.07, 6.45) is 2.81. The van der Waals surface area contributed by atoms with E-state index in [1.165, 1.54) is 0 Å². The molecule has 0 aliphatic heterocycles. The first-order valence-corrected chi connectivity index (χ1v) is 9.55. The number of rotatable bonds is 7. The molecule has 0 fully saturated rings. The summed E-state index contributed by atoms with van der Waals surface area (Å²) in [7, 11) is -1.16. The van der Waals surface area contributed by atoms with E-state index in [9.17, 15) is 4.21 Å². The van der Waals surface area contributed by atoms with Crippen LogP contribution in [0.15, 0.2) is 54.9 Å². The molecular weight excluding hydrogens is 318 g/mol. The molecule has 3 rings (SSSR count). The summed E-state index contributed by atoms with van der Waals surface area (Å²) in [5.74, 6) is 1.18. The van der Waals surface area contributed by atoms with Crippen LogP contribution >= 0.6 is 0 Å². The van der Waals surface area contributed by atoms with E-state index in [1.807, 2.05) is 36.4 Å². The molecule has 24 heavy (non-hydrogen) atoms. The van der Waals surface area contributed by atoms with Crippen LogP contribution in [0.3, 0.4) is 0 Å². The SMILES string of the molecule is CC(C)CCNc1ccc(CS(=O)n2cnc3ccccc32)cc1. The molecule has 0 spiro atoms. The van der Waals surface area contributed by atoms with Gasteiger partial charge in [0.05, 0.1) is 16.8 Å². The van der Waals surface area contributed by atoms with Gasteiger partial charge < -0.3 is 5.32 Å². The second-order valence-electron chi connectivity index (χ2n) is 6.33. The molecule has 0 aliphatic rings. The Bertz CT molecular complexity index is 824. The van der Waals surface area contributed by atoms with Crippen LogP contribution in [0, 0.1) is 5.92 Å². The molecule has 0 saturated carbocycles. The second kappa shape index (κ2) is 7.62. The van der Waals surface area contributed by atoms with Crippen LogP contribution in [0.4, 0.5) is 5.69 Å². The highest BCUT2D eigenvalue weighted by molar-refractivity contribution is 7.82. The molecule has 1 N–H and O–H groups in total. The maximum Gasteiger partial charge on any atom is 0.129 e. The lowest BCUT2D eigenvalue weighted by molar-refractivity contribution is 0.607. The average Bonchev–Trinajstić information content (AvgIpc) is 3.00. The number of imidazole rings is 1. The Kier molecular flexibility index (Phi) is 5.30. The van der Waals surface area contributed by atoms with Crippen LogP contribution in [0.2, 0.25) is 0 Å². The zero-order valence-electron chi connectivity index (χ0n) is 14.1. The lowest BCUT2D eigenvalue weighted by Gasteiger charge is -2.09. The summed E-state index contributed by atoms with van der Waals surface area (Å²) in [5.41, 5.74) is 3.94. The summed E-state index contributed by atoms with van der Waals surface area (Å²) in [6, 6.07) is 15.9. The van der Waals surface area contributed by atoms with E-state index in [1.54, 1.807) is 10.3 Å². The van der Waals surface area contributed by atoms with Crippen molar-refractivity contribution >= 4 is 27.7 Å². The van der Waals surface area contributed by atoms with Gasteiger partial charge in [-0.1, -0.05) is 38.1 Å². The number of hydrogen-bond acceptors (Lipinski definition) is 3. The molecule has 126 valence electrons. The van der Waals surface area contributed by atoms with Crippen molar-refractivity contribution in [2.24, 2.45) is 5.92 Å². The monoisotopic (exact) mass is 341 g/mol. The van der Waals surface area contributed by atoms with Gasteiger partial charge >= 0.3 is 0 Å². The van der Waals surface area contributed by atoms with Gasteiger partial charge in [-0.15, -0.1) is 0 Å². The molecule has 0 bridgehead atoms. The van der Waals surface area contributed by atoms with Crippen molar-refractivity contribution in [3.8, 4) is 0 Å². The van der Waals surface area contributed by atoms with Gasteiger partial charge in [-0.3, -0.25) is 0 Å². The number of nitrogens with zero attached hydrogens (tertiary/aromatic N) is 2. The fourth-order valence-corrected chi connectivity index (χ4v) is 3.68. The molecule has 3 aromatic rings. The van der Waals surface area contributed by atoms with E-state index in [0.717, 1.165) is 35.2 Å². The lowest BCUT2D eigenvalue weighted by Crippen LogP contribution is -2.07. The topological polar surface area (TPSA) is 46.9 Å². The molecule has 2 aromatic carbocycles. The summed E-state index contributed by atoms with van der Waals surface area (Å²) >= 11 is 0. The quantitative estimate of drug-likeness (QED) is 0.700. The van der Waals surface area contributed by atoms with Crippen LogP contribution < -0.4 is 5.32 Å². The molecule has 5 heteroatoms. The fraction of sp³-hybridized carbons (Fsp3) is 0.316. The minimum absolute atomic E-state index is 0.479. The van der Waals surface area contributed by atoms with E-state index < -0.39 is 11.0 Å². The Morgan fingerprint density at radius 3 is 2.62 bits per heavy atom. The zero-order chi connectivity index (χ0) is 16.9. The highest BCUT2D eigenvalue weighted by Gasteiger charge is 2.09. The predicted octanol–water partition coefficient (Wildman–Crippen LogP) is 4.21. The Morgan fingerprint density at radius 2 is 1.88 bits per heavy atom. The number of anilines is 1. The van der Waals surface area contributed by atoms with Crippen LogP contribution in [0.5, 0.6) is 0 Å². The summed E-state index contributed by atoms with van der Waals surface area (Å²) in [4.78, 5) is 4.30. The van der Waals surface area contributed by atoms with Gasteiger partial charge in [0.1, 0.15) is 17.3 Å². The normalized spacial score (nSPS) is 12.6. The van der Waals surface area contributed by atoms with Gasteiger partial charge in [0, 0.05) is 12.2 Å². The van der Waals surface area contributed by atoms with Gasteiger partial charge in [0.15, 0.2) is 0 Å². The van der Waals surface area contributed by atoms with E-state index >= 15 is 0 Å². The van der Waals surface area contributed by atoms with Crippen molar-refractivity contribution in [1.29, 1.82) is 0 Å². The Labute approximate surface area is 145 Å². The molecule has 1 atom stereocenters. The standard InChI is InChI=1S/C19H23N3OS/c1-15(2)11-12-20-17-9-7-16(8-10-17)13-24(23)22-14-21-18-5-3-4-6-19(18)22/h3-10,14-15,20H,11-13H2,1-2H3. The average molecular weight is 341 g/mol. The van der Waals surface area contributed by atoms with Gasteiger partial charge in [-0.05, 0) is 42.2 Å². The van der Waals surface area contributed by atoms with Crippen molar-refractivity contribution in [1.82, 2.24) is 8.96 Å². The molecule has 0 saturated heterocycles. The van der Waals surface area contributed by atoms with Crippen LogP contribution in [-0.4, -0.2) is 19.7 Å². The second-order valence-corrected chi connectivity index (χ2v) is 7.66. The molecule has 1 unspecified atom stereocenters. The Balaban J connectivity index is 1.64. The Hall–Kier alpha value is -2.14. The third kappa shape index (κ3) is 4.03. The summed E-state index contributed by atoms with van der Waals surface area (Å²) < 4.78 is 14.4. The van der Waals surface area contributed by atoms with E-state index in [4.69, 9.17) is 0 Å². The number of para-hydroxylation sites is 2. The molecule has 4 nitrogen and oxygen atoms in total. The summed E-state index contributed by atoms with van der Waals surface area (Å²) in [6.45, 7) is 5.42. The first kappa shape index (κ1) is 16.7. The van der Waals surface area contributed by atoms with Gasteiger partial charge in [0.2, 0.25) is 0 Å². The molecule has 0 radical (unpaired) electrons. The summed E-state index contributed by atoms with van der Waals surface area (Å²) in [5, 5.41) is 3.42. The molecule has 0 aliphatic carbocycles. The number of fused-ring (bicyclic) bond motifs is 1. The van der Waals surface area contributed by atoms with Crippen molar-refractivity contribution in [3.05, 3.63) is 60.4 Å². The third-order valence-electron chi connectivity index (χ3n) is 3.94. The Morgan fingerprint density at radius 1 is 1.12 bits per heavy atom. The first-order valence-electron chi connectivity index (χ1n) is 8.27. The molecule has 1 aromatic heterocycles. The number of benzene rings is 2. The number of aromatic nitrogens is 2. The maximum atomic E-state index is 12.6. The van der Waals surface area contributed by atoms with Crippen molar-refractivity contribution in [2.45, 2.75) is 26.0 Å². The zero-order valence-corrected chi connectivity index (χ0v) is 14.9. The van der Waals surface area contributed by atoms with Crippen molar-refractivity contribution < 1.29 is 4.21 Å². The van der Waals surface area contributed by atoms with E-state index in [-0.39, 0.29) is 0 Å². The van der Waals surface area contributed by atoms with E-state index in [0.29, 0.717) is 11.7 Å². The van der Waals surface area contributed by atoms with Gasteiger partial charge in [-0.2, -0.15) is 0 Å². The van der Waals surface area contributed by atoms with E-state index in [2.05, 4.69) is 36.3 Å². The van der Waals surface area contributed by atoms with Crippen molar-refractivity contribution in [2.75, 3.05) is 11.9 Å². The third-order valence-corrected chi connectivity index (χ3v) is 5.25.